The summed E-state index contributed by atoms with van der Waals surface area (Å²) < 4.78 is 38.2. The predicted molar refractivity (Wildman–Crippen MR) is 72.0 cm³/mol. The maximum Gasteiger partial charge on any atom is 0.416 e. The molecule has 0 fully saturated rings. The lowest BCUT2D eigenvalue weighted by molar-refractivity contribution is -0.137. The van der Waals surface area contributed by atoms with Gasteiger partial charge in [0, 0.05) is 18.7 Å². The summed E-state index contributed by atoms with van der Waals surface area (Å²) in [5.74, 6) is -0.320. The van der Waals surface area contributed by atoms with Crippen LogP contribution in [0, 0.1) is 5.41 Å². The SMILES string of the molecule is CC(C)(C)CC(=O)Nc1cc(CN)cc(C(F)(F)F)c1. The Labute approximate surface area is 116 Å². The number of anilines is 1. The van der Waals surface area contributed by atoms with Crippen LogP contribution < -0.4 is 11.1 Å². The average Bonchev–Trinajstić information content (AvgIpc) is 2.24. The Balaban J connectivity index is 2.98. The van der Waals surface area contributed by atoms with Gasteiger partial charge in [0.1, 0.15) is 0 Å². The van der Waals surface area contributed by atoms with Crippen LogP contribution in [0.1, 0.15) is 38.3 Å². The van der Waals surface area contributed by atoms with Crippen molar-refractivity contribution in [2.75, 3.05) is 5.32 Å². The maximum atomic E-state index is 12.7. The zero-order chi connectivity index (χ0) is 15.6. The van der Waals surface area contributed by atoms with Crippen LogP contribution in [0.3, 0.4) is 0 Å². The van der Waals surface area contributed by atoms with Crippen LogP contribution in [0.2, 0.25) is 0 Å². The third-order valence-electron chi connectivity index (χ3n) is 2.53. The second-order valence-corrected chi connectivity index (χ2v) is 5.91. The van der Waals surface area contributed by atoms with Crippen LogP contribution in [-0.2, 0) is 17.5 Å². The van der Waals surface area contributed by atoms with Crippen molar-refractivity contribution in [3.05, 3.63) is 29.3 Å². The van der Waals surface area contributed by atoms with Gasteiger partial charge in [-0.2, -0.15) is 13.2 Å². The van der Waals surface area contributed by atoms with Gasteiger partial charge in [-0.05, 0) is 29.2 Å². The molecule has 0 unspecified atom stereocenters. The second-order valence-electron chi connectivity index (χ2n) is 5.91. The fraction of sp³-hybridized carbons (Fsp3) is 0.500. The first kappa shape index (κ1) is 16.5. The van der Waals surface area contributed by atoms with Gasteiger partial charge in [-0.25, -0.2) is 0 Å². The first-order valence-corrected chi connectivity index (χ1v) is 6.22. The Morgan fingerprint density at radius 2 is 1.80 bits per heavy atom. The molecule has 0 aromatic heterocycles. The quantitative estimate of drug-likeness (QED) is 0.893. The summed E-state index contributed by atoms with van der Waals surface area (Å²) in [7, 11) is 0. The van der Waals surface area contributed by atoms with Crippen LogP contribution in [0.25, 0.3) is 0 Å². The van der Waals surface area contributed by atoms with E-state index in [-0.39, 0.29) is 30.0 Å². The van der Waals surface area contributed by atoms with Crippen LogP contribution in [0.4, 0.5) is 18.9 Å². The van der Waals surface area contributed by atoms with Gasteiger partial charge in [0.15, 0.2) is 0 Å². The summed E-state index contributed by atoms with van der Waals surface area (Å²) in [5.41, 5.74) is 4.78. The molecule has 3 N–H and O–H groups in total. The van der Waals surface area contributed by atoms with Crippen molar-refractivity contribution in [2.24, 2.45) is 11.1 Å². The van der Waals surface area contributed by atoms with Crippen molar-refractivity contribution >= 4 is 11.6 Å². The number of hydrogen-bond acceptors (Lipinski definition) is 2. The zero-order valence-electron chi connectivity index (χ0n) is 11.8. The number of nitrogens with one attached hydrogen (secondary N) is 1. The smallest absolute Gasteiger partial charge is 0.326 e. The van der Waals surface area contributed by atoms with Crippen molar-refractivity contribution in [1.82, 2.24) is 0 Å². The van der Waals surface area contributed by atoms with Gasteiger partial charge in [-0.3, -0.25) is 4.79 Å². The third-order valence-corrected chi connectivity index (χ3v) is 2.53. The number of halogens is 3. The highest BCUT2D eigenvalue weighted by Gasteiger charge is 2.31. The fourth-order valence-electron chi connectivity index (χ4n) is 1.73. The van der Waals surface area contributed by atoms with E-state index in [0.717, 1.165) is 12.1 Å². The summed E-state index contributed by atoms with van der Waals surface area (Å²) in [6.07, 6.45) is -4.24. The Hall–Kier alpha value is -1.56. The van der Waals surface area contributed by atoms with E-state index in [9.17, 15) is 18.0 Å². The lowest BCUT2D eigenvalue weighted by Crippen LogP contribution is -2.20. The van der Waals surface area contributed by atoms with Gasteiger partial charge in [0.25, 0.3) is 0 Å². The molecule has 1 aromatic carbocycles. The summed E-state index contributed by atoms with van der Waals surface area (Å²) in [6, 6.07) is 3.36. The molecule has 1 rings (SSSR count). The normalized spacial score (nSPS) is 12.3. The molecule has 6 heteroatoms. The molecule has 0 saturated carbocycles. The minimum Gasteiger partial charge on any atom is -0.326 e. The third kappa shape index (κ3) is 5.21. The Morgan fingerprint density at radius 3 is 2.25 bits per heavy atom. The molecule has 0 saturated heterocycles. The van der Waals surface area contributed by atoms with Gasteiger partial charge in [0.2, 0.25) is 5.91 Å². The van der Waals surface area contributed by atoms with E-state index in [0.29, 0.717) is 5.56 Å². The molecule has 1 aromatic rings. The molecule has 0 radical (unpaired) electrons. The fourth-order valence-corrected chi connectivity index (χ4v) is 1.73. The number of nitrogens with two attached hydrogens (primary N) is 1. The van der Waals surface area contributed by atoms with Gasteiger partial charge >= 0.3 is 6.18 Å². The molecule has 3 nitrogen and oxygen atoms in total. The standard InChI is InChI=1S/C14H19F3N2O/c1-13(2,3)7-12(20)19-11-5-9(8-18)4-10(6-11)14(15,16)17/h4-6H,7-8,18H2,1-3H3,(H,19,20). The summed E-state index contributed by atoms with van der Waals surface area (Å²) >= 11 is 0. The molecule has 0 aliphatic carbocycles. The van der Waals surface area contributed by atoms with Crippen LogP contribution in [-0.4, -0.2) is 5.91 Å². The van der Waals surface area contributed by atoms with Gasteiger partial charge in [-0.1, -0.05) is 20.8 Å². The zero-order valence-corrected chi connectivity index (χ0v) is 11.8. The lowest BCUT2D eigenvalue weighted by atomic mass is 9.92. The summed E-state index contributed by atoms with van der Waals surface area (Å²) in [5, 5.41) is 2.49. The van der Waals surface area contributed by atoms with Crippen LogP contribution >= 0.6 is 0 Å². The molecule has 0 aliphatic heterocycles. The Bertz CT molecular complexity index is 490. The molecule has 0 atom stereocenters. The molecule has 0 heterocycles. The highest BCUT2D eigenvalue weighted by atomic mass is 19.4. The van der Waals surface area contributed by atoms with Gasteiger partial charge in [-0.15, -0.1) is 0 Å². The van der Waals surface area contributed by atoms with E-state index in [1.165, 1.54) is 6.07 Å². The molecule has 1 amide bonds. The number of amides is 1. The topological polar surface area (TPSA) is 55.1 Å². The predicted octanol–water partition coefficient (Wildman–Crippen LogP) is 3.54. The van der Waals surface area contributed by atoms with E-state index < -0.39 is 11.7 Å². The van der Waals surface area contributed by atoms with Crippen LogP contribution in [0.15, 0.2) is 18.2 Å². The number of benzene rings is 1. The largest absolute Gasteiger partial charge is 0.416 e. The molecule has 0 spiro atoms. The number of carbonyl (C=O) groups excluding carboxylic acids is 1. The minimum absolute atomic E-state index is 0.0218. The summed E-state index contributed by atoms with van der Waals surface area (Å²) in [4.78, 5) is 11.8. The average molecular weight is 288 g/mol. The highest BCUT2D eigenvalue weighted by Crippen LogP contribution is 2.32. The maximum absolute atomic E-state index is 12.7. The van der Waals surface area contributed by atoms with Crippen molar-refractivity contribution in [1.29, 1.82) is 0 Å². The first-order valence-electron chi connectivity index (χ1n) is 6.22. The second kappa shape index (κ2) is 5.83. The molecule has 112 valence electrons. The van der Waals surface area contributed by atoms with E-state index in [4.69, 9.17) is 5.73 Å². The monoisotopic (exact) mass is 288 g/mol. The molecule has 0 aliphatic rings. The highest BCUT2D eigenvalue weighted by molar-refractivity contribution is 5.91. The van der Waals surface area contributed by atoms with Gasteiger partial charge < -0.3 is 11.1 Å². The molecule has 20 heavy (non-hydrogen) atoms. The van der Waals surface area contributed by atoms with E-state index in [1.807, 2.05) is 20.8 Å². The van der Waals surface area contributed by atoms with Gasteiger partial charge in [0.05, 0.1) is 5.56 Å². The minimum atomic E-state index is -4.46. The summed E-state index contributed by atoms with van der Waals surface area (Å²) in [6.45, 7) is 5.62. The number of hydrogen-bond donors (Lipinski definition) is 2. The lowest BCUT2D eigenvalue weighted by Gasteiger charge is -2.18. The van der Waals surface area contributed by atoms with E-state index in [2.05, 4.69) is 5.32 Å². The Morgan fingerprint density at radius 1 is 1.20 bits per heavy atom. The Kier molecular flexibility index (Phi) is 4.81. The van der Waals surface area contributed by atoms with E-state index >= 15 is 0 Å². The van der Waals surface area contributed by atoms with Crippen molar-refractivity contribution in [3.63, 3.8) is 0 Å². The number of rotatable bonds is 3. The first-order chi connectivity index (χ1) is 9.01. The van der Waals surface area contributed by atoms with Crippen molar-refractivity contribution in [3.8, 4) is 0 Å². The number of carbonyl (C=O) groups is 1. The van der Waals surface area contributed by atoms with E-state index in [1.54, 1.807) is 0 Å². The molecular weight excluding hydrogens is 269 g/mol. The molecular formula is C14H19F3N2O. The van der Waals surface area contributed by atoms with Crippen LogP contribution in [0.5, 0.6) is 0 Å². The van der Waals surface area contributed by atoms with Crippen molar-refractivity contribution in [2.45, 2.75) is 39.9 Å². The van der Waals surface area contributed by atoms with Crippen molar-refractivity contribution < 1.29 is 18.0 Å². The number of alkyl halides is 3. The molecule has 0 bridgehead atoms.